The molecule has 1 amide bonds. The van der Waals surface area contributed by atoms with Gasteiger partial charge in [-0.2, -0.15) is 0 Å². The van der Waals surface area contributed by atoms with Gasteiger partial charge < -0.3 is 19.0 Å². The van der Waals surface area contributed by atoms with Crippen LogP contribution in [0.3, 0.4) is 0 Å². The molecule has 0 unspecified atom stereocenters. The van der Waals surface area contributed by atoms with Crippen LogP contribution in [0.5, 0.6) is 0 Å². The smallest absolute Gasteiger partial charge is 0.230 e. The first-order valence-electron chi connectivity index (χ1n) is 7.03. The summed E-state index contributed by atoms with van der Waals surface area (Å²) in [6, 6.07) is 1.87. The first-order valence-corrected chi connectivity index (χ1v) is 8.02. The van der Waals surface area contributed by atoms with E-state index in [0.29, 0.717) is 18.9 Å². The molecule has 0 aliphatic heterocycles. The maximum Gasteiger partial charge on any atom is 0.230 e. The van der Waals surface area contributed by atoms with E-state index < -0.39 is 0 Å². The van der Waals surface area contributed by atoms with Crippen LogP contribution < -0.4 is 5.32 Å². The quantitative estimate of drug-likeness (QED) is 0.588. The van der Waals surface area contributed by atoms with Gasteiger partial charge in [-0.3, -0.25) is 4.79 Å². The topological polar surface area (TPSA) is 82.2 Å². The maximum absolute atomic E-state index is 11.7. The van der Waals surface area contributed by atoms with Gasteiger partial charge in [-0.05, 0) is 19.9 Å². The van der Waals surface area contributed by atoms with E-state index in [1.165, 1.54) is 11.8 Å². The Morgan fingerprint density at radius 1 is 1.50 bits per heavy atom. The Labute approximate surface area is 133 Å². The average molecular weight is 324 g/mol. The standard InChI is InChI=1S/C14H20N4O3S/c1-4-18-13(11-5-7-21-10(11)2)16-17-14(18)22-9-12(19)15-6-8-20-3/h5,7H,4,6,8-9H2,1-3H3,(H,15,19). The van der Waals surface area contributed by atoms with Crippen molar-refractivity contribution in [1.29, 1.82) is 0 Å². The van der Waals surface area contributed by atoms with Gasteiger partial charge in [-0.25, -0.2) is 0 Å². The third kappa shape index (κ3) is 3.89. The second-order valence-electron chi connectivity index (χ2n) is 4.57. The molecule has 0 saturated heterocycles. The zero-order valence-electron chi connectivity index (χ0n) is 13.0. The van der Waals surface area contributed by atoms with Crippen molar-refractivity contribution in [2.24, 2.45) is 0 Å². The number of hydrogen-bond donors (Lipinski definition) is 1. The molecule has 2 aromatic rings. The number of carbonyl (C=O) groups is 1. The highest BCUT2D eigenvalue weighted by Crippen LogP contribution is 2.26. The number of nitrogens with zero attached hydrogens (tertiary/aromatic N) is 3. The number of carbonyl (C=O) groups excluding carboxylic acids is 1. The SMILES string of the molecule is CCn1c(SCC(=O)NCCOC)nnc1-c1ccoc1C. The minimum absolute atomic E-state index is 0.0475. The number of hydrogen-bond acceptors (Lipinski definition) is 6. The molecule has 0 aliphatic carbocycles. The molecule has 0 saturated carbocycles. The largest absolute Gasteiger partial charge is 0.469 e. The first kappa shape index (κ1) is 16.6. The van der Waals surface area contributed by atoms with Crippen LogP contribution in [-0.2, 0) is 16.1 Å². The second kappa shape index (κ2) is 8.00. The predicted octanol–water partition coefficient (Wildman–Crippen LogP) is 1.72. The highest BCUT2D eigenvalue weighted by molar-refractivity contribution is 7.99. The number of aryl methyl sites for hydroxylation is 1. The van der Waals surface area contributed by atoms with Gasteiger partial charge in [0.2, 0.25) is 5.91 Å². The fourth-order valence-corrected chi connectivity index (χ4v) is 2.80. The van der Waals surface area contributed by atoms with E-state index in [9.17, 15) is 4.79 Å². The number of amides is 1. The average Bonchev–Trinajstić information content (AvgIpc) is 3.10. The minimum atomic E-state index is -0.0475. The van der Waals surface area contributed by atoms with Gasteiger partial charge in [0.05, 0.1) is 24.2 Å². The van der Waals surface area contributed by atoms with Gasteiger partial charge in [0.1, 0.15) is 5.76 Å². The zero-order chi connectivity index (χ0) is 15.9. The predicted molar refractivity (Wildman–Crippen MR) is 83.7 cm³/mol. The molecular weight excluding hydrogens is 304 g/mol. The van der Waals surface area contributed by atoms with Crippen LogP contribution in [0.4, 0.5) is 0 Å². The fraction of sp³-hybridized carbons (Fsp3) is 0.500. The number of nitrogens with one attached hydrogen (secondary N) is 1. The lowest BCUT2D eigenvalue weighted by atomic mass is 10.2. The molecule has 22 heavy (non-hydrogen) atoms. The molecule has 0 atom stereocenters. The monoisotopic (exact) mass is 324 g/mol. The number of furan rings is 1. The summed E-state index contributed by atoms with van der Waals surface area (Å²) in [5.74, 6) is 1.81. The van der Waals surface area contributed by atoms with Crippen LogP contribution in [0.1, 0.15) is 12.7 Å². The van der Waals surface area contributed by atoms with Gasteiger partial charge in [0, 0.05) is 20.2 Å². The normalized spacial score (nSPS) is 10.9. The number of rotatable bonds is 8. The number of thioether (sulfide) groups is 1. The van der Waals surface area contributed by atoms with E-state index in [1.807, 2.05) is 24.5 Å². The minimum Gasteiger partial charge on any atom is -0.469 e. The van der Waals surface area contributed by atoms with Crippen molar-refractivity contribution in [2.75, 3.05) is 26.0 Å². The van der Waals surface area contributed by atoms with Crippen LogP contribution in [0.15, 0.2) is 21.9 Å². The summed E-state index contributed by atoms with van der Waals surface area (Å²) in [7, 11) is 1.60. The molecule has 0 fully saturated rings. The van der Waals surface area contributed by atoms with E-state index in [0.717, 1.165) is 28.8 Å². The summed E-state index contributed by atoms with van der Waals surface area (Å²) in [4.78, 5) is 11.7. The van der Waals surface area contributed by atoms with E-state index in [2.05, 4.69) is 15.5 Å². The number of ether oxygens (including phenoxy) is 1. The highest BCUT2D eigenvalue weighted by Gasteiger charge is 2.17. The molecule has 1 N–H and O–H groups in total. The van der Waals surface area contributed by atoms with Gasteiger partial charge in [0.15, 0.2) is 11.0 Å². The highest BCUT2D eigenvalue weighted by atomic mass is 32.2. The van der Waals surface area contributed by atoms with E-state index in [-0.39, 0.29) is 5.91 Å². The molecule has 0 aliphatic rings. The van der Waals surface area contributed by atoms with E-state index >= 15 is 0 Å². The van der Waals surface area contributed by atoms with E-state index in [1.54, 1.807) is 13.4 Å². The number of methoxy groups -OCH3 is 1. The van der Waals surface area contributed by atoms with Gasteiger partial charge >= 0.3 is 0 Å². The summed E-state index contributed by atoms with van der Waals surface area (Å²) >= 11 is 1.37. The maximum atomic E-state index is 11.7. The van der Waals surface area contributed by atoms with Gasteiger partial charge in [0.25, 0.3) is 0 Å². The molecule has 2 aromatic heterocycles. The Bertz CT molecular complexity index is 623. The molecular formula is C14H20N4O3S. The van der Waals surface area contributed by atoms with Crippen LogP contribution in [0, 0.1) is 6.92 Å². The lowest BCUT2D eigenvalue weighted by Gasteiger charge is -2.07. The molecule has 2 heterocycles. The Morgan fingerprint density at radius 3 is 2.95 bits per heavy atom. The molecule has 120 valence electrons. The first-order chi connectivity index (χ1) is 10.7. The fourth-order valence-electron chi connectivity index (χ4n) is 1.97. The van der Waals surface area contributed by atoms with Crippen molar-refractivity contribution in [2.45, 2.75) is 25.5 Å². The van der Waals surface area contributed by atoms with E-state index in [4.69, 9.17) is 9.15 Å². The van der Waals surface area contributed by atoms with Crippen molar-refractivity contribution in [3.8, 4) is 11.4 Å². The van der Waals surface area contributed by atoms with Crippen molar-refractivity contribution in [1.82, 2.24) is 20.1 Å². The lowest BCUT2D eigenvalue weighted by Crippen LogP contribution is -2.28. The summed E-state index contributed by atoms with van der Waals surface area (Å²) < 4.78 is 12.2. The molecule has 0 aromatic carbocycles. The van der Waals surface area contributed by atoms with Gasteiger partial charge in [-0.15, -0.1) is 10.2 Å². The third-order valence-electron chi connectivity index (χ3n) is 3.09. The summed E-state index contributed by atoms with van der Waals surface area (Å²) in [6.45, 7) is 5.65. The summed E-state index contributed by atoms with van der Waals surface area (Å²) in [5, 5.41) is 11.9. The van der Waals surface area contributed by atoms with Crippen molar-refractivity contribution < 1.29 is 13.9 Å². The Morgan fingerprint density at radius 2 is 2.32 bits per heavy atom. The second-order valence-corrected chi connectivity index (χ2v) is 5.51. The third-order valence-corrected chi connectivity index (χ3v) is 4.06. The van der Waals surface area contributed by atoms with Crippen LogP contribution in [-0.4, -0.2) is 46.7 Å². The van der Waals surface area contributed by atoms with Crippen molar-refractivity contribution >= 4 is 17.7 Å². The molecule has 0 bridgehead atoms. The molecule has 7 nitrogen and oxygen atoms in total. The Hall–Kier alpha value is -1.80. The number of aromatic nitrogens is 3. The van der Waals surface area contributed by atoms with Crippen molar-refractivity contribution in [3.63, 3.8) is 0 Å². The Kier molecular flexibility index (Phi) is 6.02. The molecule has 0 radical (unpaired) electrons. The van der Waals surface area contributed by atoms with Crippen molar-refractivity contribution in [3.05, 3.63) is 18.1 Å². The molecule has 0 spiro atoms. The Balaban J connectivity index is 2.02. The zero-order valence-corrected chi connectivity index (χ0v) is 13.8. The molecule has 2 rings (SSSR count). The summed E-state index contributed by atoms with van der Waals surface area (Å²) in [6.07, 6.45) is 1.63. The van der Waals surface area contributed by atoms with Crippen LogP contribution in [0.25, 0.3) is 11.4 Å². The van der Waals surface area contributed by atoms with Crippen LogP contribution >= 0.6 is 11.8 Å². The lowest BCUT2D eigenvalue weighted by molar-refractivity contribution is -0.118. The van der Waals surface area contributed by atoms with Gasteiger partial charge in [-0.1, -0.05) is 11.8 Å². The summed E-state index contributed by atoms with van der Waals surface area (Å²) in [5.41, 5.74) is 0.922. The van der Waals surface area contributed by atoms with Crippen LogP contribution in [0.2, 0.25) is 0 Å². The molecule has 8 heteroatoms.